The number of amides is 4. The number of benzene rings is 1. The van der Waals surface area contributed by atoms with Crippen LogP contribution < -0.4 is 26.4 Å². The van der Waals surface area contributed by atoms with E-state index in [-0.39, 0.29) is 55.4 Å². The standard InChI is InChI=1S/C37H62N4O8/c1-23(2)27(19-29(41-36(46)47)31(42)21-28(24(3)4)34(44)39-22-37(5,6)35(38)45)20-33(43)40-30-18-26(17-25-11-8-9-12-25)13-14-32(30)49-16-10-15-48-7/h13-14,18,23-25,27-29,31,41-42H,8-12,15-17,19-22H2,1-7H3,(H2,38,45)(H,39,44)(H,40,43)(H,46,47)/t27-,28+,29+,31+/m1/s1. The molecule has 0 unspecified atom stereocenters. The van der Waals surface area contributed by atoms with Gasteiger partial charge < -0.3 is 41.4 Å². The number of hydrogen-bond acceptors (Lipinski definition) is 7. The second-order valence-electron chi connectivity index (χ2n) is 15.0. The second-order valence-corrected chi connectivity index (χ2v) is 15.0. The summed E-state index contributed by atoms with van der Waals surface area (Å²) in [5.74, 6) is -1.07. The third-order valence-electron chi connectivity index (χ3n) is 9.80. The maximum atomic E-state index is 13.6. The lowest BCUT2D eigenvalue weighted by atomic mass is 9.81. The van der Waals surface area contributed by atoms with Crippen molar-refractivity contribution in [2.24, 2.45) is 40.7 Å². The summed E-state index contributed by atoms with van der Waals surface area (Å²) in [6.07, 6.45) is 4.31. The summed E-state index contributed by atoms with van der Waals surface area (Å²) in [6, 6.07) is 5.03. The summed E-state index contributed by atoms with van der Waals surface area (Å²) in [6.45, 7) is 11.9. The van der Waals surface area contributed by atoms with Crippen LogP contribution in [-0.4, -0.2) is 73.0 Å². The number of hydrogen-bond donors (Lipinski definition) is 6. The Labute approximate surface area is 292 Å². The summed E-state index contributed by atoms with van der Waals surface area (Å²) in [7, 11) is 1.64. The highest BCUT2D eigenvalue weighted by molar-refractivity contribution is 5.92. The number of nitrogens with two attached hydrogens (primary N) is 1. The van der Waals surface area contributed by atoms with Crippen LogP contribution in [0.2, 0.25) is 0 Å². The molecule has 0 saturated heterocycles. The van der Waals surface area contributed by atoms with Gasteiger partial charge in [-0.15, -0.1) is 0 Å². The lowest BCUT2D eigenvalue weighted by Crippen LogP contribution is -2.48. The Hall–Kier alpha value is -3.38. The van der Waals surface area contributed by atoms with E-state index in [0.29, 0.717) is 37.0 Å². The number of nitrogens with one attached hydrogen (secondary N) is 3. The Morgan fingerprint density at radius 3 is 2.27 bits per heavy atom. The van der Waals surface area contributed by atoms with E-state index in [4.69, 9.17) is 15.2 Å². The number of anilines is 1. The van der Waals surface area contributed by atoms with Crippen LogP contribution in [0, 0.1) is 35.0 Å². The second kappa shape index (κ2) is 20.3. The minimum atomic E-state index is -1.31. The molecule has 0 heterocycles. The molecule has 0 aliphatic heterocycles. The lowest BCUT2D eigenvalue weighted by Gasteiger charge is -2.32. The molecule has 12 heteroatoms. The van der Waals surface area contributed by atoms with Gasteiger partial charge >= 0.3 is 6.09 Å². The van der Waals surface area contributed by atoms with Crippen LogP contribution in [-0.2, 0) is 25.5 Å². The van der Waals surface area contributed by atoms with Crippen LogP contribution in [0.15, 0.2) is 18.2 Å². The number of primary amides is 1. The Kier molecular flexibility index (Phi) is 17.3. The Morgan fingerprint density at radius 2 is 1.69 bits per heavy atom. The number of carbonyl (C=O) groups is 4. The number of methoxy groups -OCH3 is 1. The van der Waals surface area contributed by atoms with Gasteiger partial charge in [0.05, 0.1) is 29.9 Å². The zero-order chi connectivity index (χ0) is 36.7. The molecule has 2 rings (SSSR count). The molecule has 0 radical (unpaired) electrons. The highest BCUT2D eigenvalue weighted by atomic mass is 16.5. The van der Waals surface area contributed by atoms with Gasteiger partial charge in [-0.1, -0.05) is 59.4 Å². The van der Waals surface area contributed by atoms with Crippen LogP contribution in [0.1, 0.15) is 98.5 Å². The first kappa shape index (κ1) is 41.8. The summed E-state index contributed by atoms with van der Waals surface area (Å²) in [5.41, 5.74) is 6.24. The number of carbonyl (C=O) groups excluding carboxylic acids is 3. The van der Waals surface area contributed by atoms with Crippen molar-refractivity contribution < 1.29 is 38.9 Å². The highest BCUT2D eigenvalue weighted by Crippen LogP contribution is 2.33. The molecule has 4 atom stereocenters. The molecule has 1 fully saturated rings. The first-order chi connectivity index (χ1) is 23.0. The van der Waals surface area contributed by atoms with Crippen molar-refractivity contribution in [3.05, 3.63) is 23.8 Å². The summed E-state index contributed by atoms with van der Waals surface area (Å²) < 4.78 is 11.2. The fourth-order valence-electron chi connectivity index (χ4n) is 6.32. The average molecular weight is 691 g/mol. The van der Waals surface area contributed by atoms with Crippen molar-refractivity contribution in [1.29, 1.82) is 0 Å². The van der Waals surface area contributed by atoms with Crippen LogP contribution in [0.5, 0.6) is 5.75 Å². The predicted octanol–water partition coefficient (Wildman–Crippen LogP) is 5.11. The Bertz CT molecular complexity index is 1210. The minimum Gasteiger partial charge on any atom is -0.491 e. The van der Waals surface area contributed by atoms with Crippen molar-refractivity contribution in [3.8, 4) is 5.75 Å². The summed E-state index contributed by atoms with van der Waals surface area (Å²) in [5, 5.41) is 29.3. The van der Waals surface area contributed by atoms with E-state index in [0.717, 1.165) is 12.0 Å². The summed E-state index contributed by atoms with van der Waals surface area (Å²) in [4.78, 5) is 50.3. The van der Waals surface area contributed by atoms with E-state index >= 15 is 0 Å². The van der Waals surface area contributed by atoms with Crippen LogP contribution in [0.3, 0.4) is 0 Å². The first-order valence-electron chi connectivity index (χ1n) is 17.8. The molecule has 0 spiro atoms. The van der Waals surface area contributed by atoms with Crippen molar-refractivity contribution in [2.45, 2.75) is 111 Å². The Morgan fingerprint density at radius 1 is 1.02 bits per heavy atom. The average Bonchev–Trinajstić information content (AvgIpc) is 3.53. The number of aliphatic hydroxyl groups excluding tert-OH is 1. The molecule has 1 aliphatic rings. The van der Waals surface area contributed by atoms with Gasteiger partial charge in [0.2, 0.25) is 17.7 Å². The molecule has 1 aromatic rings. The van der Waals surface area contributed by atoms with Gasteiger partial charge in [0.1, 0.15) is 5.75 Å². The molecule has 0 bridgehead atoms. The van der Waals surface area contributed by atoms with Crippen LogP contribution in [0.25, 0.3) is 0 Å². The van der Waals surface area contributed by atoms with E-state index in [1.165, 1.54) is 25.7 Å². The monoisotopic (exact) mass is 690 g/mol. The van der Waals surface area contributed by atoms with Gasteiger partial charge in [0, 0.05) is 39.0 Å². The molecule has 49 heavy (non-hydrogen) atoms. The molecule has 1 saturated carbocycles. The third-order valence-corrected chi connectivity index (χ3v) is 9.80. The number of carboxylic acid groups (broad SMARTS) is 1. The fourth-order valence-corrected chi connectivity index (χ4v) is 6.32. The van der Waals surface area contributed by atoms with E-state index in [2.05, 4.69) is 22.0 Å². The van der Waals surface area contributed by atoms with E-state index in [1.54, 1.807) is 21.0 Å². The predicted molar refractivity (Wildman–Crippen MR) is 190 cm³/mol. The summed E-state index contributed by atoms with van der Waals surface area (Å²) >= 11 is 0. The van der Waals surface area contributed by atoms with Crippen molar-refractivity contribution >= 4 is 29.5 Å². The Balaban J connectivity index is 2.19. The zero-order valence-corrected chi connectivity index (χ0v) is 30.7. The highest BCUT2D eigenvalue weighted by Gasteiger charge is 2.34. The molecular weight excluding hydrogens is 628 g/mol. The van der Waals surface area contributed by atoms with Crippen molar-refractivity contribution in [2.75, 3.05) is 32.2 Å². The minimum absolute atomic E-state index is 0.0139. The van der Waals surface area contributed by atoms with Crippen molar-refractivity contribution in [1.82, 2.24) is 10.6 Å². The van der Waals surface area contributed by atoms with Gasteiger partial charge in [-0.3, -0.25) is 14.4 Å². The van der Waals surface area contributed by atoms with Crippen LogP contribution in [0.4, 0.5) is 10.5 Å². The maximum absolute atomic E-state index is 13.6. The molecule has 7 N–H and O–H groups in total. The van der Waals surface area contributed by atoms with Gasteiger partial charge in [-0.05, 0) is 74.5 Å². The molecular formula is C37H62N4O8. The molecule has 1 aliphatic carbocycles. The SMILES string of the molecule is COCCCOc1ccc(CC2CCCC2)cc1NC(=O)C[C@@H](C[C@H](NC(=O)O)[C@@H](O)C[C@H](C(=O)NCC(C)(C)C(N)=O)C(C)C)C(C)C. The number of rotatable bonds is 22. The maximum Gasteiger partial charge on any atom is 0.404 e. The molecule has 4 amide bonds. The van der Waals surface area contributed by atoms with E-state index in [9.17, 15) is 29.4 Å². The first-order valence-corrected chi connectivity index (χ1v) is 17.8. The van der Waals surface area contributed by atoms with Gasteiger partial charge in [-0.25, -0.2) is 4.79 Å². The van der Waals surface area contributed by atoms with Gasteiger partial charge in [-0.2, -0.15) is 0 Å². The zero-order valence-electron chi connectivity index (χ0n) is 30.7. The number of ether oxygens (including phenoxy) is 2. The largest absolute Gasteiger partial charge is 0.491 e. The molecule has 0 aromatic heterocycles. The van der Waals surface area contributed by atoms with Crippen molar-refractivity contribution in [3.63, 3.8) is 0 Å². The quantitative estimate of drug-likeness (QED) is 0.0905. The smallest absolute Gasteiger partial charge is 0.404 e. The molecule has 278 valence electrons. The number of aliphatic hydroxyl groups is 1. The lowest BCUT2D eigenvalue weighted by molar-refractivity contribution is -0.130. The third kappa shape index (κ3) is 14.6. The van der Waals surface area contributed by atoms with E-state index in [1.807, 2.05) is 39.8 Å². The van der Waals surface area contributed by atoms with Gasteiger partial charge in [0.15, 0.2) is 0 Å². The van der Waals surface area contributed by atoms with Gasteiger partial charge in [0.25, 0.3) is 0 Å². The molecule has 12 nitrogen and oxygen atoms in total. The normalized spacial score (nSPS) is 16.2. The fraction of sp³-hybridized carbons (Fsp3) is 0.730. The molecule has 1 aromatic carbocycles. The van der Waals surface area contributed by atoms with E-state index < -0.39 is 35.5 Å². The van der Waals surface area contributed by atoms with Crippen LogP contribution >= 0.6 is 0 Å². The topological polar surface area (TPSA) is 189 Å².